The summed E-state index contributed by atoms with van der Waals surface area (Å²) in [6.45, 7) is 0. The van der Waals surface area contributed by atoms with Gasteiger partial charge in [-0.15, -0.1) is 0 Å². The molecule has 0 saturated heterocycles. The summed E-state index contributed by atoms with van der Waals surface area (Å²) in [6.07, 6.45) is 3.75. The normalized spacial score (nSPS) is 22.1. The summed E-state index contributed by atoms with van der Waals surface area (Å²) >= 11 is 0. The Morgan fingerprint density at radius 1 is 0.697 bits per heavy atom. The highest BCUT2D eigenvalue weighted by atomic mass is 16.5. The molecule has 0 fully saturated rings. The first-order valence-electron chi connectivity index (χ1n) is 11.1. The van der Waals surface area contributed by atoms with Crippen LogP contribution in [0.3, 0.4) is 0 Å². The van der Waals surface area contributed by atoms with Gasteiger partial charge in [0.05, 0.1) is 11.4 Å². The summed E-state index contributed by atoms with van der Waals surface area (Å²) < 4.78 is 6.97. The predicted molar refractivity (Wildman–Crippen MR) is 129 cm³/mol. The summed E-state index contributed by atoms with van der Waals surface area (Å²) in [5.74, 6) is -0.0889. The van der Waals surface area contributed by atoms with Gasteiger partial charge < -0.3 is 9.64 Å². The van der Waals surface area contributed by atoms with Crippen molar-refractivity contribution in [2.75, 3.05) is 9.80 Å². The van der Waals surface area contributed by atoms with Crippen LogP contribution >= 0.6 is 0 Å². The summed E-state index contributed by atoms with van der Waals surface area (Å²) in [5.41, 5.74) is 5.33. The standard InChI is InChI=1S/C29H20N2O2/c32-28-29(24-15-7-9-17-26(24)31(28)21-11-2-1-3-12-21)23-14-6-8-16-25(23)30-19-18-20-10-4-5-13-22(20)27(30)33-29/h1-19,27H. The molecule has 7 rings (SSSR count). The summed E-state index contributed by atoms with van der Waals surface area (Å²) in [5, 5.41) is 0. The number of carbonyl (C=O) groups excluding carboxylic acids is 1. The van der Waals surface area contributed by atoms with E-state index in [0.717, 1.165) is 39.3 Å². The molecule has 0 bridgehead atoms. The topological polar surface area (TPSA) is 32.8 Å². The maximum absolute atomic E-state index is 14.5. The van der Waals surface area contributed by atoms with Gasteiger partial charge in [-0.1, -0.05) is 78.9 Å². The van der Waals surface area contributed by atoms with Crippen molar-refractivity contribution in [3.05, 3.63) is 132 Å². The van der Waals surface area contributed by atoms with E-state index in [1.807, 2.05) is 84.9 Å². The van der Waals surface area contributed by atoms with Crippen LogP contribution in [0.25, 0.3) is 6.08 Å². The second-order valence-corrected chi connectivity index (χ2v) is 8.51. The minimum atomic E-state index is -1.23. The van der Waals surface area contributed by atoms with Crippen LogP contribution < -0.4 is 9.80 Å². The van der Waals surface area contributed by atoms with E-state index in [1.165, 1.54) is 0 Å². The first kappa shape index (κ1) is 18.4. The molecule has 2 atom stereocenters. The second kappa shape index (κ2) is 6.67. The molecule has 2 unspecified atom stereocenters. The number of hydrogen-bond acceptors (Lipinski definition) is 3. The van der Waals surface area contributed by atoms with Crippen LogP contribution in [0.15, 0.2) is 109 Å². The lowest BCUT2D eigenvalue weighted by Crippen LogP contribution is -2.49. The number of amides is 1. The summed E-state index contributed by atoms with van der Waals surface area (Å²) in [4.78, 5) is 18.4. The number of carbonyl (C=O) groups is 1. The number of anilines is 3. The van der Waals surface area contributed by atoms with E-state index in [-0.39, 0.29) is 5.91 Å². The highest BCUT2D eigenvalue weighted by Crippen LogP contribution is 2.57. The number of nitrogens with zero attached hydrogens (tertiary/aromatic N) is 2. The lowest BCUT2D eigenvalue weighted by atomic mass is 9.83. The molecule has 1 spiro atoms. The van der Waals surface area contributed by atoms with Crippen molar-refractivity contribution in [2.45, 2.75) is 11.8 Å². The zero-order valence-electron chi connectivity index (χ0n) is 17.8. The minimum Gasteiger partial charge on any atom is -0.328 e. The van der Waals surface area contributed by atoms with E-state index in [9.17, 15) is 4.79 Å². The van der Waals surface area contributed by atoms with Gasteiger partial charge in [-0.3, -0.25) is 9.69 Å². The number of hydrogen-bond donors (Lipinski definition) is 0. The van der Waals surface area contributed by atoms with Gasteiger partial charge in [0.1, 0.15) is 0 Å². The third-order valence-corrected chi connectivity index (χ3v) is 6.82. The van der Waals surface area contributed by atoms with Gasteiger partial charge in [-0.25, -0.2) is 0 Å². The molecule has 1 amide bonds. The first-order valence-corrected chi connectivity index (χ1v) is 11.1. The maximum Gasteiger partial charge on any atom is 0.273 e. The van der Waals surface area contributed by atoms with E-state index < -0.39 is 11.8 Å². The maximum atomic E-state index is 14.5. The van der Waals surface area contributed by atoms with Gasteiger partial charge >= 0.3 is 0 Å². The van der Waals surface area contributed by atoms with Gasteiger partial charge in [-0.05, 0) is 35.9 Å². The van der Waals surface area contributed by atoms with Gasteiger partial charge in [0.15, 0.2) is 6.23 Å². The molecule has 33 heavy (non-hydrogen) atoms. The van der Waals surface area contributed by atoms with Crippen LogP contribution in [0, 0.1) is 0 Å². The average molecular weight is 428 g/mol. The van der Waals surface area contributed by atoms with Gasteiger partial charge in [-0.2, -0.15) is 0 Å². The number of ether oxygens (including phenoxy) is 1. The second-order valence-electron chi connectivity index (χ2n) is 8.51. The molecule has 158 valence electrons. The van der Waals surface area contributed by atoms with Crippen molar-refractivity contribution in [3.8, 4) is 0 Å². The Morgan fingerprint density at radius 2 is 1.33 bits per heavy atom. The van der Waals surface area contributed by atoms with E-state index in [0.29, 0.717) is 0 Å². The van der Waals surface area contributed by atoms with Crippen molar-refractivity contribution in [1.82, 2.24) is 0 Å². The van der Waals surface area contributed by atoms with Crippen LogP contribution in [0.2, 0.25) is 0 Å². The van der Waals surface area contributed by atoms with E-state index >= 15 is 0 Å². The quantitative estimate of drug-likeness (QED) is 0.366. The van der Waals surface area contributed by atoms with Crippen LogP contribution in [0.4, 0.5) is 17.1 Å². The fourth-order valence-corrected chi connectivity index (χ4v) is 5.39. The molecule has 3 heterocycles. The molecule has 0 aromatic heterocycles. The Hall–Kier alpha value is -4.15. The van der Waals surface area contributed by atoms with Gasteiger partial charge in [0, 0.05) is 28.6 Å². The van der Waals surface area contributed by atoms with E-state index in [1.54, 1.807) is 4.90 Å². The van der Waals surface area contributed by atoms with Crippen molar-refractivity contribution in [2.24, 2.45) is 0 Å². The Labute approximate surface area is 192 Å². The fraction of sp³-hybridized carbons (Fsp3) is 0.0690. The average Bonchev–Trinajstić information content (AvgIpc) is 3.13. The van der Waals surface area contributed by atoms with E-state index in [2.05, 4.69) is 35.4 Å². The molecule has 3 aliphatic rings. The smallest absolute Gasteiger partial charge is 0.273 e. The SMILES string of the molecule is O=C1N(c2ccccc2)c2ccccc2C12OC1c3ccccc3C=CN1c1ccccc12. The molecule has 4 heteroatoms. The van der Waals surface area contributed by atoms with Crippen LogP contribution in [-0.4, -0.2) is 5.91 Å². The summed E-state index contributed by atoms with van der Waals surface area (Å²) in [6, 6.07) is 34.1. The highest BCUT2D eigenvalue weighted by molar-refractivity contribution is 6.14. The Bertz CT molecular complexity index is 1440. The molecule has 0 saturated carbocycles. The minimum absolute atomic E-state index is 0.0889. The van der Waals surface area contributed by atoms with Crippen molar-refractivity contribution in [1.29, 1.82) is 0 Å². The number of rotatable bonds is 1. The zero-order valence-corrected chi connectivity index (χ0v) is 17.8. The van der Waals surface area contributed by atoms with E-state index in [4.69, 9.17) is 4.74 Å². The highest BCUT2D eigenvalue weighted by Gasteiger charge is 2.59. The fourth-order valence-electron chi connectivity index (χ4n) is 5.39. The predicted octanol–water partition coefficient (Wildman–Crippen LogP) is 6.13. The zero-order chi connectivity index (χ0) is 22.0. The van der Waals surface area contributed by atoms with Crippen molar-refractivity contribution >= 4 is 29.0 Å². The van der Waals surface area contributed by atoms with Gasteiger partial charge in [0.25, 0.3) is 5.91 Å². The van der Waals surface area contributed by atoms with Crippen LogP contribution in [0.1, 0.15) is 28.5 Å². The Kier molecular flexibility index (Phi) is 3.73. The summed E-state index contributed by atoms with van der Waals surface area (Å²) in [7, 11) is 0. The molecule has 4 aromatic carbocycles. The molecule has 0 aliphatic carbocycles. The lowest BCUT2D eigenvalue weighted by molar-refractivity contribution is -0.146. The number of benzene rings is 4. The molecule has 3 aliphatic heterocycles. The first-order chi connectivity index (χ1) is 16.3. The molecular weight excluding hydrogens is 408 g/mol. The molecule has 0 radical (unpaired) electrons. The number of para-hydroxylation sites is 3. The third-order valence-electron chi connectivity index (χ3n) is 6.82. The number of fused-ring (bicyclic) bond motifs is 8. The largest absolute Gasteiger partial charge is 0.328 e. The Balaban J connectivity index is 1.52. The molecule has 4 aromatic rings. The van der Waals surface area contributed by atoms with Crippen LogP contribution in [-0.2, 0) is 15.1 Å². The van der Waals surface area contributed by atoms with Crippen molar-refractivity contribution < 1.29 is 9.53 Å². The molecular formula is C29H20N2O2. The van der Waals surface area contributed by atoms with Gasteiger partial charge in [0.2, 0.25) is 5.60 Å². The van der Waals surface area contributed by atoms with Crippen molar-refractivity contribution in [3.63, 3.8) is 0 Å². The lowest BCUT2D eigenvalue weighted by Gasteiger charge is -2.46. The monoisotopic (exact) mass is 428 g/mol. The molecule has 0 N–H and O–H groups in total. The third kappa shape index (κ3) is 2.36. The molecule has 4 nitrogen and oxygen atoms in total. The van der Waals surface area contributed by atoms with Crippen LogP contribution in [0.5, 0.6) is 0 Å². The Morgan fingerprint density at radius 3 is 2.15 bits per heavy atom.